The van der Waals surface area contributed by atoms with Gasteiger partial charge < -0.3 is 5.73 Å². The number of carbonyl (C=O) groups excluding carboxylic acids is 2. The minimum Gasteiger partial charge on any atom is -0.351 e. The lowest BCUT2D eigenvalue weighted by Crippen LogP contribution is -2.45. The third kappa shape index (κ3) is 2.90. The van der Waals surface area contributed by atoms with Crippen LogP contribution in [0.4, 0.5) is 4.79 Å². The Morgan fingerprint density at radius 1 is 0.786 bits per heavy atom. The molecule has 1 heterocycles. The van der Waals surface area contributed by atoms with E-state index < -0.39 is 13.3 Å². The van der Waals surface area contributed by atoms with Gasteiger partial charge in [0, 0.05) is 13.0 Å². The number of primary amides is 1. The topological polar surface area (TPSA) is 63.4 Å². The second-order valence-corrected chi connectivity index (χ2v) is 10.5. The maximum absolute atomic E-state index is 13.4. The molecule has 4 nitrogen and oxygen atoms in total. The first kappa shape index (κ1) is 18.4. The van der Waals surface area contributed by atoms with Crippen molar-refractivity contribution in [1.29, 1.82) is 0 Å². The van der Waals surface area contributed by atoms with Gasteiger partial charge in [0.25, 0.3) is 5.91 Å². The maximum atomic E-state index is 13.4. The predicted molar refractivity (Wildman–Crippen MR) is 115 cm³/mol. The molecule has 140 valence electrons. The number of nitrogens with two attached hydrogens (primary N) is 1. The minimum atomic E-state index is -2.33. The third-order valence-electron chi connectivity index (χ3n) is 5.40. The number of urea groups is 1. The molecule has 1 atom stereocenters. The van der Waals surface area contributed by atoms with E-state index in [1.807, 2.05) is 54.6 Å². The fourth-order valence-corrected chi connectivity index (χ4v) is 9.09. The van der Waals surface area contributed by atoms with Crippen molar-refractivity contribution in [2.75, 3.05) is 6.54 Å². The van der Waals surface area contributed by atoms with Gasteiger partial charge in [-0.3, -0.25) is 9.69 Å². The maximum Gasteiger partial charge on any atom is 0.321 e. The summed E-state index contributed by atoms with van der Waals surface area (Å²) in [7, 11) is -2.33. The van der Waals surface area contributed by atoms with E-state index in [0.717, 1.165) is 15.9 Å². The van der Waals surface area contributed by atoms with E-state index >= 15 is 0 Å². The van der Waals surface area contributed by atoms with E-state index in [4.69, 9.17) is 5.73 Å². The van der Waals surface area contributed by atoms with Crippen LogP contribution in [0.2, 0.25) is 0 Å². The fraction of sp³-hybridized carbons (Fsp3) is 0.130. The lowest BCUT2D eigenvalue weighted by molar-refractivity contribution is -0.124. The summed E-state index contributed by atoms with van der Waals surface area (Å²) in [5, 5.41) is 3.41. The third-order valence-corrected chi connectivity index (χ3v) is 10.2. The largest absolute Gasteiger partial charge is 0.351 e. The highest BCUT2D eigenvalue weighted by Gasteiger charge is 2.59. The molecule has 3 amide bonds. The van der Waals surface area contributed by atoms with E-state index in [1.165, 1.54) is 4.90 Å². The van der Waals surface area contributed by atoms with Crippen LogP contribution in [0, 0.1) is 0 Å². The normalized spacial score (nSPS) is 16.9. The van der Waals surface area contributed by atoms with Gasteiger partial charge in [0.1, 0.15) is 23.2 Å². The highest BCUT2D eigenvalue weighted by Crippen LogP contribution is 2.62. The van der Waals surface area contributed by atoms with Gasteiger partial charge in [-0.1, -0.05) is 54.6 Å². The molecule has 28 heavy (non-hydrogen) atoms. The summed E-state index contributed by atoms with van der Waals surface area (Å²) >= 11 is 0. The van der Waals surface area contributed by atoms with Crippen molar-refractivity contribution in [3.05, 3.63) is 91.0 Å². The predicted octanol–water partition coefficient (Wildman–Crippen LogP) is 2.66. The number of hydrogen-bond acceptors (Lipinski definition) is 2. The van der Waals surface area contributed by atoms with Crippen LogP contribution in [0.1, 0.15) is 6.42 Å². The van der Waals surface area contributed by atoms with Crippen molar-refractivity contribution < 1.29 is 9.59 Å². The molecule has 1 fully saturated rings. The van der Waals surface area contributed by atoms with Crippen LogP contribution in [0.5, 0.6) is 0 Å². The van der Waals surface area contributed by atoms with E-state index in [2.05, 4.69) is 36.4 Å². The van der Waals surface area contributed by atoms with Crippen molar-refractivity contribution in [3.8, 4) is 0 Å². The highest BCUT2D eigenvalue weighted by molar-refractivity contribution is 7.96. The van der Waals surface area contributed by atoms with E-state index in [0.29, 0.717) is 13.0 Å². The summed E-state index contributed by atoms with van der Waals surface area (Å²) in [5.41, 5.74) is 5.18. The first-order valence-electron chi connectivity index (χ1n) is 9.32. The Morgan fingerprint density at radius 2 is 1.18 bits per heavy atom. The highest BCUT2D eigenvalue weighted by atomic mass is 31.2. The molecule has 0 aromatic heterocycles. The number of imide groups is 1. The molecule has 1 saturated heterocycles. The van der Waals surface area contributed by atoms with Crippen LogP contribution in [0.15, 0.2) is 91.0 Å². The quantitative estimate of drug-likeness (QED) is 0.698. The van der Waals surface area contributed by atoms with Crippen LogP contribution >= 0.6 is 7.26 Å². The fourth-order valence-electron chi connectivity index (χ4n) is 4.22. The molecule has 0 aliphatic carbocycles. The molecule has 1 aliphatic heterocycles. The summed E-state index contributed by atoms with van der Waals surface area (Å²) in [6.45, 7) is 0.368. The molecule has 1 aliphatic rings. The average molecular weight is 389 g/mol. The van der Waals surface area contributed by atoms with Crippen LogP contribution in [0.3, 0.4) is 0 Å². The van der Waals surface area contributed by atoms with Crippen molar-refractivity contribution in [2.24, 2.45) is 5.73 Å². The molecule has 0 bridgehead atoms. The smallest absolute Gasteiger partial charge is 0.321 e. The number of hydrogen-bond donors (Lipinski definition) is 1. The summed E-state index contributed by atoms with van der Waals surface area (Å²) in [6.07, 6.45) is 0.605. The zero-order valence-corrected chi connectivity index (χ0v) is 16.3. The molecule has 1 unspecified atom stereocenters. The number of benzene rings is 3. The molecule has 0 saturated carbocycles. The van der Waals surface area contributed by atoms with Gasteiger partial charge in [-0.05, 0) is 36.4 Å². The number of likely N-dealkylation sites (tertiary alicyclic amines) is 1. The number of amides is 3. The van der Waals surface area contributed by atoms with Gasteiger partial charge in [0.2, 0.25) is 0 Å². The van der Waals surface area contributed by atoms with Gasteiger partial charge in [-0.25, -0.2) is 4.79 Å². The SMILES string of the molecule is NC(=O)N1CCC([P+](c2ccccc2)(c2ccccc2)c2ccccc2)C1=O. The summed E-state index contributed by atoms with van der Waals surface area (Å²) < 4.78 is 0. The molecule has 4 rings (SSSR count). The Bertz CT molecular complexity index is 881. The van der Waals surface area contributed by atoms with Crippen molar-refractivity contribution in [2.45, 2.75) is 12.1 Å². The summed E-state index contributed by atoms with van der Waals surface area (Å²) in [6, 6.07) is 30.0. The second-order valence-electron chi connectivity index (χ2n) is 6.86. The molecule has 2 N–H and O–H groups in total. The van der Waals surface area contributed by atoms with Gasteiger partial charge in [0.15, 0.2) is 5.66 Å². The zero-order valence-electron chi connectivity index (χ0n) is 15.4. The van der Waals surface area contributed by atoms with Crippen molar-refractivity contribution in [1.82, 2.24) is 4.90 Å². The van der Waals surface area contributed by atoms with E-state index in [9.17, 15) is 9.59 Å². The Balaban J connectivity index is 2.03. The Kier molecular flexibility index (Phi) is 4.97. The van der Waals surface area contributed by atoms with Gasteiger partial charge in [0.05, 0.1) is 0 Å². The zero-order chi connectivity index (χ0) is 19.6. The van der Waals surface area contributed by atoms with E-state index in [1.54, 1.807) is 0 Å². The molecule has 0 spiro atoms. The number of rotatable bonds is 4. The number of carbonyl (C=O) groups is 2. The lowest BCUT2D eigenvalue weighted by Gasteiger charge is -2.31. The van der Waals surface area contributed by atoms with Crippen molar-refractivity contribution in [3.63, 3.8) is 0 Å². The van der Waals surface area contributed by atoms with Crippen LogP contribution in [-0.2, 0) is 4.79 Å². The second kappa shape index (κ2) is 7.57. The Hall–Kier alpha value is -2.97. The first-order chi connectivity index (χ1) is 13.7. The Morgan fingerprint density at radius 3 is 1.50 bits per heavy atom. The lowest BCUT2D eigenvalue weighted by atomic mass is 10.3. The molecule has 3 aromatic carbocycles. The van der Waals surface area contributed by atoms with Gasteiger partial charge >= 0.3 is 6.03 Å². The number of nitrogens with zero attached hydrogens (tertiary/aromatic N) is 1. The molecular formula is C23H22N2O2P+. The average Bonchev–Trinajstić information content (AvgIpc) is 3.13. The monoisotopic (exact) mass is 389 g/mol. The van der Waals surface area contributed by atoms with Gasteiger partial charge in [-0.15, -0.1) is 0 Å². The molecular weight excluding hydrogens is 367 g/mol. The molecule has 3 aromatic rings. The molecule has 0 radical (unpaired) electrons. The van der Waals surface area contributed by atoms with Crippen LogP contribution in [-0.4, -0.2) is 29.0 Å². The Labute approximate surface area is 165 Å². The van der Waals surface area contributed by atoms with Crippen molar-refractivity contribution >= 4 is 35.1 Å². The van der Waals surface area contributed by atoms with E-state index in [-0.39, 0.29) is 11.6 Å². The van der Waals surface area contributed by atoms with Gasteiger partial charge in [-0.2, -0.15) is 0 Å². The minimum absolute atomic E-state index is 0.169. The standard InChI is InChI=1S/C23H21N2O2P/c24-23(27)25-17-16-21(22(25)26)28(18-10-4-1-5-11-18,19-12-6-2-7-13-19)20-14-8-3-9-15-20/h1-15,21H,16-17H2,(H-,24,27)/p+1. The summed E-state index contributed by atoms with van der Waals surface area (Å²) in [4.78, 5) is 26.4. The molecule has 5 heteroatoms. The van der Waals surface area contributed by atoms with Crippen LogP contribution < -0.4 is 21.6 Å². The first-order valence-corrected chi connectivity index (χ1v) is 11.2. The van der Waals surface area contributed by atoms with Crippen LogP contribution in [0.25, 0.3) is 0 Å². The summed E-state index contributed by atoms with van der Waals surface area (Å²) in [5.74, 6) is -0.169.